The Kier molecular flexibility index (Phi) is 3.39. The molecule has 0 nitrogen and oxygen atoms in total. The summed E-state index contributed by atoms with van der Waals surface area (Å²) in [7, 11) is 0. The zero-order valence-corrected chi connectivity index (χ0v) is 12.0. The maximum Gasteiger partial charge on any atom is -0.0318 e. The third-order valence-electron chi connectivity index (χ3n) is 6.42. The first kappa shape index (κ1) is 12.5. The molecule has 0 saturated heterocycles. The highest BCUT2D eigenvalue weighted by Crippen LogP contribution is 2.68. The molecule has 2 aliphatic carbocycles. The Hall–Kier alpha value is 0. The van der Waals surface area contributed by atoms with Gasteiger partial charge in [-0.05, 0) is 47.3 Å². The van der Waals surface area contributed by atoms with Crippen molar-refractivity contribution in [2.45, 2.75) is 54.4 Å². The molecule has 8 atom stereocenters. The normalized spacial score (nSPS) is 49.9. The first-order chi connectivity index (χ1) is 7.54. The van der Waals surface area contributed by atoms with E-state index in [0.717, 1.165) is 47.3 Å². The molecule has 0 N–H and O–H groups in total. The molecule has 8 unspecified atom stereocenters. The fraction of sp³-hybridized carbons (Fsp3) is 1.00. The largest absolute Gasteiger partial charge is 0.0651 e. The van der Waals surface area contributed by atoms with E-state index < -0.39 is 0 Å². The van der Waals surface area contributed by atoms with Gasteiger partial charge in [0.05, 0.1) is 0 Å². The van der Waals surface area contributed by atoms with Crippen molar-refractivity contribution in [2.75, 3.05) is 0 Å². The van der Waals surface area contributed by atoms with Crippen LogP contribution in [0.3, 0.4) is 0 Å². The van der Waals surface area contributed by atoms with Gasteiger partial charge in [-0.25, -0.2) is 0 Å². The lowest BCUT2D eigenvalue weighted by Crippen LogP contribution is -2.65. The van der Waals surface area contributed by atoms with Crippen LogP contribution >= 0.6 is 0 Å². The molecule has 0 bridgehead atoms. The molecule has 0 aliphatic heterocycles. The Balaban J connectivity index is 2.10. The summed E-state index contributed by atoms with van der Waals surface area (Å²) in [5.74, 6) is 8.19. The van der Waals surface area contributed by atoms with Gasteiger partial charge >= 0.3 is 0 Å². The van der Waals surface area contributed by atoms with Crippen LogP contribution in [0.25, 0.3) is 0 Å². The lowest BCUT2D eigenvalue weighted by atomic mass is 9.35. The minimum absolute atomic E-state index is 0.954. The molecular formula is C16H30. The molecule has 94 valence electrons. The van der Waals surface area contributed by atoms with E-state index in [2.05, 4.69) is 41.5 Å². The number of rotatable bonds is 4. The summed E-state index contributed by atoms with van der Waals surface area (Å²) >= 11 is 0. The van der Waals surface area contributed by atoms with Crippen molar-refractivity contribution >= 4 is 0 Å². The second kappa shape index (κ2) is 4.35. The van der Waals surface area contributed by atoms with Crippen LogP contribution in [-0.4, -0.2) is 0 Å². The van der Waals surface area contributed by atoms with Crippen molar-refractivity contribution in [3.63, 3.8) is 0 Å². The molecule has 0 aromatic rings. The highest BCUT2D eigenvalue weighted by atomic mass is 14.7. The van der Waals surface area contributed by atoms with Crippen LogP contribution in [0.15, 0.2) is 0 Å². The highest BCUT2D eigenvalue weighted by molar-refractivity contribution is 5.11. The van der Waals surface area contributed by atoms with Gasteiger partial charge in [0.15, 0.2) is 0 Å². The van der Waals surface area contributed by atoms with Crippen LogP contribution < -0.4 is 0 Å². The summed E-state index contributed by atoms with van der Waals surface area (Å²) in [4.78, 5) is 0. The number of fused-ring (bicyclic) bond motifs is 1. The minimum atomic E-state index is 0.954. The SMILES string of the molecule is CCC(C)C1C(C(C)CC)C2C(C)C(C)C12. The van der Waals surface area contributed by atoms with E-state index in [-0.39, 0.29) is 0 Å². The van der Waals surface area contributed by atoms with E-state index >= 15 is 0 Å². The van der Waals surface area contributed by atoms with Crippen molar-refractivity contribution in [1.29, 1.82) is 0 Å². The van der Waals surface area contributed by atoms with Gasteiger partial charge in [0.25, 0.3) is 0 Å². The Morgan fingerprint density at radius 2 is 1.06 bits per heavy atom. The van der Waals surface area contributed by atoms with Gasteiger partial charge in [-0.15, -0.1) is 0 Å². The standard InChI is InChI=1S/C16H30/c1-7-9(3)13-14(10(4)8-2)16-12(6)11(5)15(13)16/h9-16H,7-8H2,1-6H3. The van der Waals surface area contributed by atoms with Gasteiger partial charge in [0.1, 0.15) is 0 Å². The van der Waals surface area contributed by atoms with Crippen LogP contribution in [0.4, 0.5) is 0 Å². The lowest BCUT2D eigenvalue weighted by molar-refractivity contribution is -0.226. The molecule has 0 amide bonds. The van der Waals surface area contributed by atoms with Gasteiger partial charge in [0, 0.05) is 0 Å². The van der Waals surface area contributed by atoms with Crippen LogP contribution in [0.5, 0.6) is 0 Å². The Labute approximate surface area is 102 Å². The van der Waals surface area contributed by atoms with Gasteiger partial charge in [0.2, 0.25) is 0 Å². The monoisotopic (exact) mass is 222 g/mol. The summed E-state index contributed by atoms with van der Waals surface area (Å²) < 4.78 is 0. The summed E-state index contributed by atoms with van der Waals surface area (Å²) in [6.45, 7) is 14.7. The van der Waals surface area contributed by atoms with E-state index in [0.29, 0.717) is 0 Å². The van der Waals surface area contributed by atoms with Gasteiger partial charge in [-0.2, -0.15) is 0 Å². The first-order valence-corrected chi connectivity index (χ1v) is 7.54. The van der Waals surface area contributed by atoms with Gasteiger partial charge in [-0.3, -0.25) is 0 Å². The van der Waals surface area contributed by atoms with Crippen molar-refractivity contribution in [3.05, 3.63) is 0 Å². The molecule has 16 heavy (non-hydrogen) atoms. The van der Waals surface area contributed by atoms with E-state index in [1.54, 1.807) is 0 Å². The quantitative estimate of drug-likeness (QED) is 0.638. The van der Waals surface area contributed by atoms with E-state index in [1.165, 1.54) is 12.8 Å². The molecule has 2 rings (SSSR count). The second-order valence-electron chi connectivity index (χ2n) is 6.80. The zero-order chi connectivity index (χ0) is 12.0. The van der Waals surface area contributed by atoms with Crippen molar-refractivity contribution in [2.24, 2.45) is 47.3 Å². The average molecular weight is 222 g/mol. The van der Waals surface area contributed by atoms with Crippen LogP contribution in [0.2, 0.25) is 0 Å². The minimum Gasteiger partial charge on any atom is -0.0651 e. The molecule has 0 spiro atoms. The summed E-state index contributed by atoms with van der Waals surface area (Å²) in [6.07, 6.45) is 2.75. The lowest BCUT2D eigenvalue weighted by Gasteiger charge is -2.70. The zero-order valence-electron chi connectivity index (χ0n) is 12.0. The second-order valence-corrected chi connectivity index (χ2v) is 6.80. The molecular weight excluding hydrogens is 192 g/mol. The van der Waals surface area contributed by atoms with Crippen LogP contribution in [0.1, 0.15) is 54.4 Å². The topological polar surface area (TPSA) is 0 Å². The maximum absolute atomic E-state index is 2.49. The van der Waals surface area contributed by atoms with Crippen LogP contribution in [0, 0.1) is 47.3 Å². The van der Waals surface area contributed by atoms with Crippen molar-refractivity contribution in [1.82, 2.24) is 0 Å². The van der Waals surface area contributed by atoms with Crippen molar-refractivity contribution < 1.29 is 0 Å². The summed E-state index contributed by atoms with van der Waals surface area (Å²) in [5.41, 5.74) is 0. The molecule has 0 heterocycles. The van der Waals surface area contributed by atoms with E-state index in [9.17, 15) is 0 Å². The summed E-state index contributed by atoms with van der Waals surface area (Å²) in [6, 6.07) is 0. The fourth-order valence-corrected chi connectivity index (χ4v) is 4.90. The third-order valence-corrected chi connectivity index (χ3v) is 6.42. The fourth-order valence-electron chi connectivity index (χ4n) is 4.90. The molecule has 2 aliphatic rings. The predicted octanol–water partition coefficient (Wildman–Crippen LogP) is 4.84. The van der Waals surface area contributed by atoms with Gasteiger partial charge in [-0.1, -0.05) is 54.4 Å². The Morgan fingerprint density at radius 3 is 1.31 bits per heavy atom. The Morgan fingerprint density at radius 1 is 0.750 bits per heavy atom. The van der Waals surface area contributed by atoms with Crippen LogP contribution in [-0.2, 0) is 0 Å². The Bertz CT molecular complexity index is 218. The number of hydrogen-bond donors (Lipinski definition) is 0. The third kappa shape index (κ3) is 1.48. The average Bonchev–Trinajstić information content (AvgIpc) is 2.27. The molecule has 0 aromatic heterocycles. The van der Waals surface area contributed by atoms with E-state index in [1.807, 2.05) is 0 Å². The molecule has 0 radical (unpaired) electrons. The molecule has 2 fully saturated rings. The molecule has 0 heteroatoms. The highest BCUT2D eigenvalue weighted by Gasteiger charge is 2.64. The summed E-state index contributed by atoms with van der Waals surface area (Å²) in [5, 5.41) is 0. The van der Waals surface area contributed by atoms with Crippen molar-refractivity contribution in [3.8, 4) is 0 Å². The number of hydrogen-bond acceptors (Lipinski definition) is 0. The first-order valence-electron chi connectivity index (χ1n) is 7.54. The maximum atomic E-state index is 2.49. The molecule has 0 aromatic carbocycles. The van der Waals surface area contributed by atoms with Gasteiger partial charge < -0.3 is 0 Å². The molecule has 2 saturated carbocycles. The predicted molar refractivity (Wildman–Crippen MR) is 71.2 cm³/mol. The van der Waals surface area contributed by atoms with E-state index in [4.69, 9.17) is 0 Å². The smallest absolute Gasteiger partial charge is 0.0318 e.